The molecule has 0 radical (unpaired) electrons. The van der Waals surface area contributed by atoms with Crippen molar-refractivity contribution in [2.24, 2.45) is 7.05 Å². The lowest BCUT2D eigenvalue weighted by atomic mass is 10.0. The predicted octanol–water partition coefficient (Wildman–Crippen LogP) is 2.35. The van der Waals surface area contributed by atoms with Gasteiger partial charge in [0.05, 0.1) is 26.5 Å². The van der Waals surface area contributed by atoms with Crippen LogP contribution in [0.4, 0.5) is 4.79 Å². The first-order chi connectivity index (χ1) is 11.9. The second kappa shape index (κ2) is 8.41. The van der Waals surface area contributed by atoms with Crippen molar-refractivity contribution in [1.29, 1.82) is 0 Å². The minimum atomic E-state index is -0.203. The van der Waals surface area contributed by atoms with Crippen LogP contribution in [-0.4, -0.2) is 36.6 Å². The van der Waals surface area contributed by atoms with E-state index in [0.717, 1.165) is 23.1 Å². The fraction of sp³-hybridized carbons (Fsp3) is 0.444. The third-order valence-electron chi connectivity index (χ3n) is 4.04. The van der Waals surface area contributed by atoms with Crippen LogP contribution in [0.25, 0.3) is 0 Å². The monoisotopic (exact) mass is 346 g/mol. The van der Waals surface area contributed by atoms with E-state index in [0.29, 0.717) is 18.0 Å². The molecule has 2 N–H and O–H groups in total. The molecule has 1 atom stereocenters. The fourth-order valence-electron chi connectivity index (χ4n) is 2.71. The quantitative estimate of drug-likeness (QED) is 0.807. The van der Waals surface area contributed by atoms with E-state index in [1.807, 2.05) is 39.2 Å². The molecule has 25 heavy (non-hydrogen) atoms. The van der Waals surface area contributed by atoms with Crippen LogP contribution in [0.2, 0.25) is 0 Å². The summed E-state index contributed by atoms with van der Waals surface area (Å²) in [5.74, 6) is 1.32. The molecular weight excluding hydrogens is 320 g/mol. The number of benzene rings is 1. The number of nitrogens with one attached hydrogen (secondary N) is 2. The first kappa shape index (κ1) is 18.6. The highest BCUT2D eigenvalue weighted by molar-refractivity contribution is 5.74. The van der Waals surface area contributed by atoms with E-state index in [1.165, 1.54) is 0 Å². The van der Waals surface area contributed by atoms with Gasteiger partial charge < -0.3 is 20.1 Å². The van der Waals surface area contributed by atoms with Crippen LogP contribution in [0.15, 0.2) is 24.5 Å². The van der Waals surface area contributed by atoms with Gasteiger partial charge in [-0.1, -0.05) is 0 Å². The second-order valence-corrected chi connectivity index (χ2v) is 5.96. The van der Waals surface area contributed by atoms with E-state index in [-0.39, 0.29) is 12.1 Å². The average Bonchev–Trinajstić information content (AvgIpc) is 2.99. The summed E-state index contributed by atoms with van der Waals surface area (Å²) in [6.07, 6.45) is 4.48. The summed E-state index contributed by atoms with van der Waals surface area (Å²) >= 11 is 0. The molecule has 0 saturated carbocycles. The van der Waals surface area contributed by atoms with Crippen molar-refractivity contribution in [3.05, 3.63) is 41.2 Å². The third kappa shape index (κ3) is 4.89. The smallest absolute Gasteiger partial charge is 0.315 e. The molecule has 0 aliphatic rings. The Morgan fingerprint density at radius 2 is 1.96 bits per heavy atom. The summed E-state index contributed by atoms with van der Waals surface area (Å²) in [4.78, 5) is 12.1. The Balaban J connectivity index is 1.92. The summed E-state index contributed by atoms with van der Waals surface area (Å²) in [6, 6.07) is 3.45. The normalized spacial score (nSPS) is 11.7. The van der Waals surface area contributed by atoms with E-state index in [2.05, 4.69) is 15.7 Å². The number of nitrogens with zero attached hydrogens (tertiary/aromatic N) is 2. The van der Waals surface area contributed by atoms with E-state index in [1.54, 1.807) is 25.1 Å². The van der Waals surface area contributed by atoms with Gasteiger partial charge in [0.2, 0.25) is 0 Å². The second-order valence-electron chi connectivity index (χ2n) is 5.96. The Hall–Kier alpha value is -2.70. The molecule has 1 aromatic carbocycles. The van der Waals surface area contributed by atoms with Gasteiger partial charge in [0.15, 0.2) is 11.5 Å². The summed E-state index contributed by atoms with van der Waals surface area (Å²) in [5, 5.41) is 9.93. The fourth-order valence-corrected chi connectivity index (χ4v) is 2.71. The molecule has 2 amide bonds. The van der Waals surface area contributed by atoms with Crippen LogP contribution in [0.5, 0.6) is 11.5 Å². The van der Waals surface area contributed by atoms with E-state index >= 15 is 0 Å². The van der Waals surface area contributed by atoms with Gasteiger partial charge in [-0.25, -0.2) is 4.79 Å². The highest BCUT2D eigenvalue weighted by Crippen LogP contribution is 2.32. The first-order valence-corrected chi connectivity index (χ1v) is 8.19. The molecule has 0 fully saturated rings. The lowest BCUT2D eigenvalue weighted by Crippen LogP contribution is -2.38. The SMILES string of the molecule is COc1cc(C)c([C@@H](C)NC(=O)NCCc2cnn(C)c2)cc1OC. The van der Waals surface area contributed by atoms with Crippen LogP contribution in [0, 0.1) is 6.92 Å². The molecule has 7 heteroatoms. The maximum absolute atomic E-state index is 12.1. The van der Waals surface area contributed by atoms with E-state index in [4.69, 9.17) is 9.47 Å². The molecule has 0 bridgehead atoms. The predicted molar refractivity (Wildman–Crippen MR) is 96.1 cm³/mol. The number of carbonyl (C=O) groups is 1. The van der Waals surface area contributed by atoms with Gasteiger partial charge in [-0.05, 0) is 49.1 Å². The Morgan fingerprint density at radius 3 is 2.56 bits per heavy atom. The van der Waals surface area contributed by atoms with Gasteiger partial charge in [0.1, 0.15) is 0 Å². The number of carbonyl (C=O) groups excluding carboxylic acids is 1. The maximum atomic E-state index is 12.1. The van der Waals surface area contributed by atoms with Gasteiger partial charge in [-0.2, -0.15) is 5.10 Å². The van der Waals surface area contributed by atoms with Crippen LogP contribution in [0.1, 0.15) is 29.7 Å². The zero-order valence-electron chi connectivity index (χ0n) is 15.4. The maximum Gasteiger partial charge on any atom is 0.315 e. The summed E-state index contributed by atoms with van der Waals surface area (Å²) < 4.78 is 12.4. The number of aromatic nitrogens is 2. The number of rotatable bonds is 7. The lowest BCUT2D eigenvalue weighted by Gasteiger charge is -2.19. The molecule has 0 unspecified atom stereocenters. The molecule has 1 aromatic heterocycles. The van der Waals surface area contributed by atoms with Crippen molar-refractivity contribution in [3.8, 4) is 11.5 Å². The van der Waals surface area contributed by atoms with Gasteiger partial charge in [-0.3, -0.25) is 4.68 Å². The molecule has 0 aliphatic heterocycles. The molecule has 7 nitrogen and oxygen atoms in total. The van der Waals surface area contributed by atoms with Crippen molar-refractivity contribution < 1.29 is 14.3 Å². The van der Waals surface area contributed by atoms with Crippen LogP contribution >= 0.6 is 0 Å². The number of ether oxygens (including phenoxy) is 2. The van der Waals surface area contributed by atoms with Crippen molar-refractivity contribution in [2.75, 3.05) is 20.8 Å². The van der Waals surface area contributed by atoms with Crippen molar-refractivity contribution in [3.63, 3.8) is 0 Å². The van der Waals surface area contributed by atoms with Gasteiger partial charge in [0.25, 0.3) is 0 Å². The molecule has 1 heterocycles. The summed E-state index contributed by atoms with van der Waals surface area (Å²) in [6.45, 7) is 4.47. The topological polar surface area (TPSA) is 77.4 Å². The number of hydrogen-bond acceptors (Lipinski definition) is 4. The molecule has 0 aliphatic carbocycles. The number of aryl methyl sites for hydroxylation is 2. The Kier molecular flexibility index (Phi) is 6.27. The molecular formula is C18H26N4O3. The molecule has 0 spiro atoms. The Bertz CT molecular complexity index is 727. The Morgan fingerprint density at radius 1 is 1.28 bits per heavy atom. The summed E-state index contributed by atoms with van der Waals surface area (Å²) in [7, 11) is 5.07. The number of urea groups is 1. The van der Waals surface area contributed by atoms with Gasteiger partial charge in [-0.15, -0.1) is 0 Å². The zero-order chi connectivity index (χ0) is 18.4. The van der Waals surface area contributed by atoms with Crippen molar-refractivity contribution in [1.82, 2.24) is 20.4 Å². The van der Waals surface area contributed by atoms with Gasteiger partial charge in [0, 0.05) is 19.8 Å². The first-order valence-electron chi connectivity index (χ1n) is 8.19. The van der Waals surface area contributed by atoms with Crippen LogP contribution < -0.4 is 20.1 Å². The molecule has 2 aromatic rings. The minimum Gasteiger partial charge on any atom is -0.493 e. The highest BCUT2D eigenvalue weighted by Gasteiger charge is 2.15. The third-order valence-corrected chi connectivity index (χ3v) is 4.04. The average molecular weight is 346 g/mol. The molecule has 2 rings (SSSR count). The lowest BCUT2D eigenvalue weighted by molar-refractivity contribution is 0.238. The largest absolute Gasteiger partial charge is 0.493 e. The molecule has 0 saturated heterocycles. The summed E-state index contributed by atoms with van der Waals surface area (Å²) in [5.41, 5.74) is 3.10. The Labute approximate surface area is 148 Å². The van der Waals surface area contributed by atoms with Gasteiger partial charge >= 0.3 is 6.03 Å². The van der Waals surface area contributed by atoms with Crippen LogP contribution in [0.3, 0.4) is 0 Å². The highest BCUT2D eigenvalue weighted by atomic mass is 16.5. The number of methoxy groups -OCH3 is 2. The van der Waals surface area contributed by atoms with Crippen molar-refractivity contribution in [2.45, 2.75) is 26.3 Å². The number of amides is 2. The molecule has 136 valence electrons. The van der Waals surface area contributed by atoms with E-state index < -0.39 is 0 Å². The van der Waals surface area contributed by atoms with Crippen molar-refractivity contribution >= 4 is 6.03 Å². The zero-order valence-corrected chi connectivity index (χ0v) is 15.4. The number of hydrogen-bond donors (Lipinski definition) is 2. The standard InChI is InChI=1S/C18H26N4O3/c1-12-8-16(24-4)17(25-5)9-15(12)13(2)21-18(23)19-7-6-14-10-20-22(3)11-14/h8-11,13H,6-7H2,1-5H3,(H2,19,21,23)/t13-/m1/s1. The van der Waals surface area contributed by atoms with E-state index in [9.17, 15) is 4.79 Å². The minimum absolute atomic E-state index is 0.154. The van der Waals surface area contributed by atoms with Crippen LogP contribution in [-0.2, 0) is 13.5 Å².